The van der Waals surface area contributed by atoms with Crippen LogP contribution in [0, 0.1) is 11.8 Å². The molecule has 1 fully saturated rings. The summed E-state index contributed by atoms with van der Waals surface area (Å²) in [7, 11) is 0. The molecule has 0 heteroatoms. The fourth-order valence-electron chi connectivity index (χ4n) is 2.02. The van der Waals surface area contributed by atoms with E-state index in [1.165, 1.54) is 32.1 Å². The molecule has 0 heterocycles. The molecular weight excluding hydrogens is 108 g/mol. The smallest absolute Gasteiger partial charge is 0.0389 e. The second kappa shape index (κ2) is 3.24. The highest BCUT2D eigenvalue weighted by Gasteiger charge is 2.21. The van der Waals surface area contributed by atoms with E-state index in [-0.39, 0.29) is 0 Å². The van der Waals surface area contributed by atoms with Crippen molar-refractivity contribution in [1.29, 1.82) is 0 Å². The maximum absolute atomic E-state index is 2.41. The van der Waals surface area contributed by atoms with Crippen molar-refractivity contribution in [2.24, 2.45) is 11.8 Å². The lowest BCUT2D eigenvalue weighted by Crippen LogP contribution is -2.02. The Morgan fingerprint density at radius 2 is 2.11 bits per heavy atom. The van der Waals surface area contributed by atoms with Gasteiger partial charge >= 0.3 is 0 Å². The first-order valence-electron chi connectivity index (χ1n) is 4.34. The minimum Gasteiger partial charge on any atom is -0.0654 e. The van der Waals surface area contributed by atoms with Gasteiger partial charge in [-0.15, -0.1) is 0 Å². The summed E-state index contributed by atoms with van der Waals surface area (Å²) in [5.41, 5.74) is 0. The van der Waals surface area contributed by atoms with Gasteiger partial charge in [0.2, 0.25) is 0 Å². The van der Waals surface area contributed by atoms with Crippen LogP contribution >= 0.6 is 0 Å². The lowest BCUT2D eigenvalue weighted by atomic mass is 9.94. The predicted molar refractivity (Wildman–Crippen MR) is 41.4 cm³/mol. The fourth-order valence-corrected chi connectivity index (χ4v) is 2.02. The minimum absolute atomic E-state index is 1.03. The van der Waals surface area contributed by atoms with Crippen LogP contribution in [-0.4, -0.2) is 0 Å². The topological polar surface area (TPSA) is 0 Å². The highest BCUT2D eigenvalue weighted by molar-refractivity contribution is 4.73. The van der Waals surface area contributed by atoms with Gasteiger partial charge in [-0.2, -0.15) is 0 Å². The SMILES string of the molecule is CCC[C@H]1CCC[C@H]1C. The summed E-state index contributed by atoms with van der Waals surface area (Å²) in [6.45, 7) is 4.71. The van der Waals surface area contributed by atoms with Crippen LogP contribution in [0.5, 0.6) is 0 Å². The van der Waals surface area contributed by atoms with Crippen LogP contribution in [0.2, 0.25) is 0 Å². The number of hydrogen-bond acceptors (Lipinski definition) is 0. The zero-order valence-electron chi connectivity index (χ0n) is 6.69. The van der Waals surface area contributed by atoms with E-state index in [0.717, 1.165) is 11.8 Å². The van der Waals surface area contributed by atoms with Gasteiger partial charge in [-0.1, -0.05) is 46.0 Å². The summed E-state index contributed by atoms with van der Waals surface area (Å²) < 4.78 is 0. The van der Waals surface area contributed by atoms with Gasteiger partial charge in [0.15, 0.2) is 0 Å². The molecule has 9 heavy (non-hydrogen) atoms. The molecule has 0 unspecified atom stereocenters. The fraction of sp³-hybridized carbons (Fsp3) is 1.00. The van der Waals surface area contributed by atoms with Crippen LogP contribution in [0.1, 0.15) is 46.0 Å². The Morgan fingerprint density at radius 3 is 2.56 bits per heavy atom. The largest absolute Gasteiger partial charge is 0.0654 e. The normalized spacial score (nSPS) is 35.3. The molecule has 0 aromatic carbocycles. The standard InChI is InChI=1S/C9H18/c1-3-5-9-7-4-6-8(9)2/h8-9H,3-7H2,1-2H3/t8-,9+/m1/s1. The van der Waals surface area contributed by atoms with E-state index < -0.39 is 0 Å². The van der Waals surface area contributed by atoms with E-state index in [9.17, 15) is 0 Å². The molecule has 1 saturated carbocycles. The van der Waals surface area contributed by atoms with Gasteiger partial charge < -0.3 is 0 Å². The van der Waals surface area contributed by atoms with E-state index >= 15 is 0 Å². The van der Waals surface area contributed by atoms with Crippen molar-refractivity contribution in [2.45, 2.75) is 46.0 Å². The highest BCUT2D eigenvalue weighted by Crippen LogP contribution is 2.33. The van der Waals surface area contributed by atoms with Gasteiger partial charge in [0.05, 0.1) is 0 Å². The molecule has 0 aromatic rings. The van der Waals surface area contributed by atoms with Crippen molar-refractivity contribution in [3.63, 3.8) is 0 Å². The lowest BCUT2D eigenvalue weighted by Gasteiger charge is -2.12. The van der Waals surface area contributed by atoms with Gasteiger partial charge in [0, 0.05) is 0 Å². The van der Waals surface area contributed by atoms with E-state index in [1.54, 1.807) is 0 Å². The van der Waals surface area contributed by atoms with Crippen LogP contribution in [0.15, 0.2) is 0 Å². The van der Waals surface area contributed by atoms with Gasteiger partial charge in [0.1, 0.15) is 0 Å². The Kier molecular flexibility index (Phi) is 2.56. The molecule has 0 saturated heterocycles. The maximum atomic E-state index is 2.41. The molecule has 0 amide bonds. The maximum Gasteiger partial charge on any atom is -0.0389 e. The summed E-state index contributed by atoms with van der Waals surface area (Å²) in [4.78, 5) is 0. The van der Waals surface area contributed by atoms with E-state index in [4.69, 9.17) is 0 Å². The van der Waals surface area contributed by atoms with Gasteiger partial charge in [-0.3, -0.25) is 0 Å². The van der Waals surface area contributed by atoms with Crippen LogP contribution in [0.3, 0.4) is 0 Å². The van der Waals surface area contributed by atoms with Crippen molar-refractivity contribution in [3.8, 4) is 0 Å². The summed E-state index contributed by atoms with van der Waals surface area (Å²) in [5, 5.41) is 0. The second-order valence-electron chi connectivity index (χ2n) is 3.46. The number of rotatable bonds is 2. The quantitative estimate of drug-likeness (QED) is 0.533. The van der Waals surface area contributed by atoms with Crippen molar-refractivity contribution >= 4 is 0 Å². The Bertz CT molecular complexity index is 76.1. The zero-order chi connectivity index (χ0) is 6.69. The summed E-state index contributed by atoms with van der Waals surface area (Å²) in [6, 6.07) is 0. The molecule has 0 nitrogen and oxygen atoms in total. The molecule has 0 spiro atoms. The highest BCUT2D eigenvalue weighted by atomic mass is 14.3. The average molecular weight is 126 g/mol. The molecular formula is C9H18. The summed E-state index contributed by atoms with van der Waals surface area (Å²) in [6.07, 6.45) is 7.35. The van der Waals surface area contributed by atoms with Crippen LogP contribution in [0.25, 0.3) is 0 Å². The van der Waals surface area contributed by atoms with E-state index in [0.29, 0.717) is 0 Å². The molecule has 1 rings (SSSR count). The molecule has 1 aliphatic rings. The molecule has 54 valence electrons. The first-order chi connectivity index (χ1) is 4.34. The molecule has 0 N–H and O–H groups in total. The molecule has 0 radical (unpaired) electrons. The van der Waals surface area contributed by atoms with Gasteiger partial charge in [-0.05, 0) is 11.8 Å². The van der Waals surface area contributed by atoms with Crippen molar-refractivity contribution in [3.05, 3.63) is 0 Å². The van der Waals surface area contributed by atoms with Crippen molar-refractivity contribution in [2.75, 3.05) is 0 Å². The third-order valence-electron chi connectivity index (χ3n) is 2.70. The van der Waals surface area contributed by atoms with Crippen LogP contribution in [0.4, 0.5) is 0 Å². The third-order valence-corrected chi connectivity index (χ3v) is 2.70. The van der Waals surface area contributed by atoms with E-state index in [1.807, 2.05) is 0 Å². The Labute approximate surface area is 58.7 Å². The van der Waals surface area contributed by atoms with Crippen molar-refractivity contribution < 1.29 is 0 Å². The average Bonchev–Trinajstić information content (AvgIpc) is 2.18. The number of hydrogen-bond donors (Lipinski definition) is 0. The van der Waals surface area contributed by atoms with Crippen LogP contribution in [-0.2, 0) is 0 Å². The monoisotopic (exact) mass is 126 g/mol. The molecule has 0 bridgehead atoms. The van der Waals surface area contributed by atoms with Crippen molar-refractivity contribution in [1.82, 2.24) is 0 Å². The molecule has 1 aliphatic carbocycles. The zero-order valence-corrected chi connectivity index (χ0v) is 6.69. The first kappa shape index (κ1) is 7.11. The van der Waals surface area contributed by atoms with E-state index in [2.05, 4.69) is 13.8 Å². The summed E-state index contributed by atoms with van der Waals surface area (Å²) >= 11 is 0. The summed E-state index contributed by atoms with van der Waals surface area (Å²) in [5.74, 6) is 2.11. The molecule has 0 aromatic heterocycles. The molecule has 0 aliphatic heterocycles. The predicted octanol–water partition coefficient (Wildman–Crippen LogP) is 3.22. The third kappa shape index (κ3) is 1.70. The minimum atomic E-state index is 1.03. The Balaban J connectivity index is 2.22. The Morgan fingerprint density at radius 1 is 1.33 bits per heavy atom. The first-order valence-corrected chi connectivity index (χ1v) is 4.34. The van der Waals surface area contributed by atoms with Gasteiger partial charge in [-0.25, -0.2) is 0 Å². The van der Waals surface area contributed by atoms with Gasteiger partial charge in [0.25, 0.3) is 0 Å². The van der Waals surface area contributed by atoms with Crippen LogP contribution < -0.4 is 0 Å². The Hall–Kier alpha value is 0. The molecule has 2 atom stereocenters. The lowest BCUT2D eigenvalue weighted by molar-refractivity contribution is 0.388. The second-order valence-corrected chi connectivity index (χ2v) is 3.46.